The van der Waals surface area contributed by atoms with Gasteiger partial charge in [0.25, 0.3) is 0 Å². The molecule has 0 bridgehead atoms. The van der Waals surface area contributed by atoms with Gasteiger partial charge in [-0.25, -0.2) is 0 Å². The second-order valence-electron chi connectivity index (χ2n) is 4.68. The van der Waals surface area contributed by atoms with Crippen LogP contribution in [0.5, 0.6) is 17.2 Å². The van der Waals surface area contributed by atoms with Crippen LogP contribution in [0.4, 0.5) is 5.69 Å². The molecule has 0 unspecified atom stereocenters. The van der Waals surface area contributed by atoms with Crippen LogP contribution in [0.1, 0.15) is 5.56 Å². The highest BCUT2D eigenvalue weighted by molar-refractivity contribution is 5.90. The molecule has 3 aromatic rings. The van der Waals surface area contributed by atoms with E-state index in [4.69, 9.17) is 0 Å². The predicted molar refractivity (Wildman–Crippen MR) is 80.5 cm³/mol. The van der Waals surface area contributed by atoms with Crippen molar-refractivity contribution in [1.82, 2.24) is 4.98 Å². The van der Waals surface area contributed by atoms with E-state index in [2.05, 4.69) is 10.3 Å². The Hall–Kier alpha value is -2.95. The quantitative estimate of drug-likeness (QED) is 0.555. The average molecular weight is 282 g/mol. The molecule has 3 rings (SSSR count). The van der Waals surface area contributed by atoms with Gasteiger partial charge in [-0.05, 0) is 24.3 Å². The Morgan fingerprint density at radius 1 is 0.905 bits per heavy atom. The Labute approximate surface area is 121 Å². The number of phenols is 3. The number of rotatable bonds is 3. The molecule has 4 N–H and O–H groups in total. The van der Waals surface area contributed by atoms with Gasteiger partial charge in [0.05, 0.1) is 11.2 Å². The maximum Gasteiger partial charge on any atom is 0.200 e. The number of aromatic nitrogens is 1. The summed E-state index contributed by atoms with van der Waals surface area (Å²) in [6.45, 7) is 0.301. The summed E-state index contributed by atoms with van der Waals surface area (Å²) in [6.07, 6.45) is 1.72. The van der Waals surface area contributed by atoms with Crippen molar-refractivity contribution in [2.45, 2.75) is 6.54 Å². The van der Waals surface area contributed by atoms with Gasteiger partial charge in [-0.2, -0.15) is 0 Å². The number of hydrogen-bond donors (Lipinski definition) is 4. The highest BCUT2D eigenvalue weighted by atomic mass is 16.3. The van der Waals surface area contributed by atoms with Crippen LogP contribution in [0.25, 0.3) is 10.9 Å². The van der Waals surface area contributed by atoms with E-state index >= 15 is 0 Å². The normalized spacial score (nSPS) is 10.7. The van der Waals surface area contributed by atoms with Crippen LogP contribution in [0.2, 0.25) is 0 Å². The Bertz CT molecular complexity index is 797. The molecule has 0 spiro atoms. The third-order valence-corrected chi connectivity index (χ3v) is 3.32. The fraction of sp³-hybridized carbons (Fsp3) is 0.0625. The van der Waals surface area contributed by atoms with Gasteiger partial charge in [-0.3, -0.25) is 4.98 Å². The smallest absolute Gasteiger partial charge is 0.200 e. The van der Waals surface area contributed by atoms with Crippen molar-refractivity contribution in [3.8, 4) is 17.2 Å². The minimum atomic E-state index is -0.509. The van der Waals surface area contributed by atoms with Crippen LogP contribution in [0.15, 0.2) is 48.7 Å². The van der Waals surface area contributed by atoms with Crippen LogP contribution < -0.4 is 5.32 Å². The Balaban J connectivity index is 1.89. The summed E-state index contributed by atoms with van der Waals surface area (Å²) in [5, 5.41) is 32.8. The average Bonchev–Trinajstić information content (AvgIpc) is 2.52. The van der Waals surface area contributed by atoms with E-state index in [1.807, 2.05) is 30.3 Å². The standard InChI is InChI=1S/C16H14N2O3/c19-13-7-6-11(15(20)16(13)21)9-18-12-5-1-3-10-4-2-8-17-14(10)12/h1-8,18-21H,9H2. The summed E-state index contributed by atoms with van der Waals surface area (Å²) in [6, 6.07) is 12.5. The molecule has 21 heavy (non-hydrogen) atoms. The van der Waals surface area contributed by atoms with Crippen molar-refractivity contribution < 1.29 is 15.3 Å². The number of para-hydroxylation sites is 1. The van der Waals surface area contributed by atoms with Crippen molar-refractivity contribution >= 4 is 16.6 Å². The number of benzene rings is 2. The third kappa shape index (κ3) is 2.41. The van der Waals surface area contributed by atoms with Crippen molar-refractivity contribution in [3.63, 3.8) is 0 Å². The molecule has 0 atom stereocenters. The van der Waals surface area contributed by atoms with Crippen molar-refractivity contribution in [2.24, 2.45) is 0 Å². The van der Waals surface area contributed by atoms with Gasteiger partial charge in [-0.15, -0.1) is 0 Å². The molecule has 2 aromatic carbocycles. The van der Waals surface area contributed by atoms with Gasteiger partial charge < -0.3 is 20.6 Å². The highest BCUT2D eigenvalue weighted by Crippen LogP contribution is 2.37. The summed E-state index contributed by atoms with van der Waals surface area (Å²) in [5.41, 5.74) is 2.15. The first-order valence-electron chi connectivity index (χ1n) is 6.47. The third-order valence-electron chi connectivity index (χ3n) is 3.32. The number of fused-ring (bicyclic) bond motifs is 1. The number of anilines is 1. The lowest BCUT2D eigenvalue weighted by Gasteiger charge is -2.11. The van der Waals surface area contributed by atoms with Crippen LogP contribution in [-0.2, 0) is 6.54 Å². The Kier molecular flexibility index (Phi) is 3.23. The first-order valence-corrected chi connectivity index (χ1v) is 6.47. The molecule has 0 saturated carbocycles. The summed E-state index contributed by atoms with van der Waals surface area (Å²) in [4.78, 5) is 4.33. The fourth-order valence-electron chi connectivity index (χ4n) is 2.19. The minimum Gasteiger partial charge on any atom is -0.504 e. The fourth-order valence-corrected chi connectivity index (χ4v) is 2.19. The molecule has 106 valence electrons. The molecule has 1 heterocycles. The van der Waals surface area contributed by atoms with E-state index in [0.29, 0.717) is 12.1 Å². The van der Waals surface area contributed by atoms with Crippen molar-refractivity contribution in [1.29, 1.82) is 0 Å². The topological polar surface area (TPSA) is 85.6 Å². The molecule has 1 aromatic heterocycles. The highest BCUT2D eigenvalue weighted by Gasteiger charge is 2.11. The van der Waals surface area contributed by atoms with E-state index in [1.165, 1.54) is 6.07 Å². The van der Waals surface area contributed by atoms with Crippen molar-refractivity contribution in [3.05, 3.63) is 54.2 Å². The second-order valence-corrected chi connectivity index (χ2v) is 4.68. The minimum absolute atomic E-state index is 0.301. The van der Waals surface area contributed by atoms with Crippen LogP contribution in [-0.4, -0.2) is 20.3 Å². The number of hydrogen-bond acceptors (Lipinski definition) is 5. The van der Waals surface area contributed by atoms with Gasteiger partial charge in [0.15, 0.2) is 11.5 Å². The predicted octanol–water partition coefficient (Wildman–Crippen LogP) is 2.96. The lowest BCUT2D eigenvalue weighted by atomic mass is 10.1. The zero-order valence-corrected chi connectivity index (χ0v) is 11.1. The van der Waals surface area contributed by atoms with Gasteiger partial charge in [-0.1, -0.05) is 18.2 Å². The molecule has 5 nitrogen and oxygen atoms in total. The van der Waals surface area contributed by atoms with E-state index in [9.17, 15) is 15.3 Å². The summed E-state index contributed by atoms with van der Waals surface area (Å²) >= 11 is 0. The van der Waals surface area contributed by atoms with E-state index in [1.54, 1.807) is 12.3 Å². The summed E-state index contributed by atoms with van der Waals surface area (Å²) in [7, 11) is 0. The molecule has 0 aliphatic carbocycles. The zero-order chi connectivity index (χ0) is 14.8. The molecule has 5 heteroatoms. The number of nitrogens with zero attached hydrogens (tertiary/aromatic N) is 1. The SMILES string of the molecule is Oc1ccc(CNc2cccc3cccnc23)c(O)c1O. The number of phenolic OH excluding ortho intramolecular Hbond substituents is 3. The lowest BCUT2D eigenvalue weighted by Crippen LogP contribution is -2.01. The monoisotopic (exact) mass is 282 g/mol. The molecule has 0 fully saturated rings. The molecular weight excluding hydrogens is 268 g/mol. The van der Waals surface area contributed by atoms with E-state index in [-0.39, 0.29) is 11.5 Å². The molecule has 0 aliphatic heterocycles. The molecule has 0 saturated heterocycles. The number of pyridine rings is 1. The van der Waals surface area contributed by atoms with Gasteiger partial charge in [0, 0.05) is 23.7 Å². The Morgan fingerprint density at radius 2 is 1.71 bits per heavy atom. The largest absolute Gasteiger partial charge is 0.504 e. The van der Waals surface area contributed by atoms with E-state index < -0.39 is 5.75 Å². The molecule has 0 amide bonds. The zero-order valence-electron chi connectivity index (χ0n) is 11.1. The van der Waals surface area contributed by atoms with Crippen LogP contribution >= 0.6 is 0 Å². The van der Waals surface area contributed by atoms with Gasteiger partial charge in [0.1, 0.15) is 0 Å². The first-order chi connectivity index (χ1) is 10.2. The second kappa shape index (κ2) is 5.20. The number of nitrogens with one attached hydrogen (secondary N) is 1. The maximum absolute atomic E-state index is 9.80. The molecule has 0 aliphatic rings. The molecule has 0 radical (unpaired) electrons. The van der Waals surface area contributed by atoms with Crippen LogP contribution in [0.3, 0.4) is 0 Å². The Morgan fingerprint density at radius 3 is 2.57 bits per heavy atom. The van der Waals surface area contributed by atoms with Gasteiger partial charge >= 0.3 is 0 Å². The van der Waals surface area contributed by atoms with E-state index in [0.717, 1.165) is 16.6 Å². The van der Waals surface area contributed by atoms with Crippen LogP contribution in [0, 0.1) is 0 Å². The lowest BCUT2D eigenvalue weighted by molar-refractivity contribution is 0.365. The van der Waals surface area contributed by atoms with Crippen molar-refractivity contribution in [2.75, 3.05) is 5.32 Å². The summed E-state index contributed by atoms with van der Waals surface area (Å²) in [5.74, 6) is -1.18. The maximum atomic E-state index is 9.80. The number of aromatic hydroxyl groups is 3. The first kappa shape index (κ1) is 13.1. The summed E-state index contributed by atoms with van der Waals surface area (Å²) < 4.78 is 0. The molecular formula is C16H14N2O3. The van der Waals surface area contributed by atoms with Gasteiger partial charge in [0.2, 0.25) is 5.75 Å².